The van der Waals surface area contributed by atoms with Gasteiger partial charge in [0.1, 0.15) is 5.75 Å². The fraction of sp³-hybridized carbons (Fsp3) is 0.579. The van der Waals surface area contributed by atoms with Gasteiger partial charge in [0.2, 0.25) is 0 Å². The zero-order valence-electron chi connectivity index (χ0n) is 13.8. The van der Waals surface area contributed by atoms with Crippen LogP contribution < -0.4 is 4.74 Å². The third-order valence-electron chi connectivity index (χ3n) is 3.20. The first kappa shape index (κ1) is 16.6. The predicted octanol–water partition coefficient (Wildman–Crippen LogP) is 5.05. The highest BCUT2D eigenvalue weighted by molar-refractivity contribution is 5.39. The van der Waals surface area contributed by atoms with Crippen molar-refractivity contribution in [2.75, 3.05) is 6.61 Å². The minimum atomic E-state index is 0.405. The lowest BCUT2D eigenvalue weighted by atomic mass is 9.95. The van der Waals surface area contributed by atoms with Gasteiger partial charge in [0.25, 0.3) is 0 Å². The van der Waals surface area contributed by atoms with Gasteiger partial charge in [-0.25, -0.2) is 0 Å². The summed E-state index contributed by atoms with van der Waals surface area (Å²) in [7, 11) is 0. The quantitative estimate of drug-likeness (QED) is 0.659. The molecule has 0 saturated heterocycles. The Balaban J connectivity index is 2.90. The molecule has 1 aromatic rings. The molecule has 1 aromatic carbocycles. The Morgan fingerprint density at radius 2 is 1.80 bits per heavy atom. The summed E-state index contributed by atoms with van der Waals surface area (Å²) in [5, 5.41) is 0. The van der Waals surface area contributed by atoms with Gasteiger partial charge < -0.3 is 4.74 Å². The molecular formula is C19H28O. The van der Waals surface area contributed by atoms with E-state index in [1.807, 2.05) is 6.92 Å². The van der Waals surface area contributed by atoms with Crippen LogP contribution in [0.15, 0.2) is 18.2 Å². The molecule has 0 aliphatic carbocycles. The summed E-state index contributed by atoms with van der Waals surface area (Å²) >= 11 is 0. The topological polar surface area (TPSA) is 9.23 Å². The van der Waals surface area contributed by atoms with Gasteiger partial charge >= 0.3 is 0 Å². The highest BCUT2D eigenvalue weighted by Gasteiger charge is 2.11. The largest absolute Gasteiger partial charge is 0.493 e. The summed E-state index contributed by atoms with van der Waals surface area (Å²) in [5.41, 5.74) is 2.65. The van der Waals surface area contributed by atoms with Crippen molar-refractivity contribution in [2.45, 2.75) is 53.9 Å². The molecule has 20 heavy (non-hydrogen) atoms. The first-order valence-corrected chi connectivity index (χ1v) is 7.61. The second kappa shape index (κ2) is 8.00. The van der Waals surface area contributed by atoms with Gasteiger partial charge in [0.05, 0.1) is 6.61 Å². The molecule has 1 unspecified atom stereocenters. The van der Waals surface area contributed by atoms with Crippen LogP contribution in [0.1, 0.15) is 58.6 Å². The van der Waals surface area contributed by atoms with Crippen LogP contribution in [0.2, 0.25) is 0 Å². The number of ether oxygens (including phenoxy) is 1. The zero-order chi connectivity index (χ0) is 15.1. The second-order valence-electron chi connectivity index (χ2n) is 6.23. The maximum Gasteiger partial charge on any atom is 0.122 e. The fourth-order valence-corrected chi connectivity index (χ4v) is 2.21. The number of rotatable bonds is 6. The van der Waals surface area contributed by atoms with Gasteiger partial charge in [-0.05, 0) is 42.4 Å². The van der Waals surface area contributed by atoms with Crippen LogP contribution in [0, 0.1) is 23.7 Å². The summed E-state index contributed by atoms with van der Waals surface area (Å²) in [6.07, 6.45) is 1.00. The first-order valence-electron chi connectivity index (χ1n) is 7.61. The van der Waals surface area contributed by atoms with Crippen LogP contribution in [0.4, 0.5) is 0 Å². The molecule has 1 atom stereocenters. The third kappa shape index (κ3) is 5.29. The van der Waals surface area contributed by atoms with Crippen LogP contribution in [0.5, 0.6) is 5.75 Å². The predicted molar refractivity (Wildman–Crippen MR) is 87.2 cm³/mol. The van der Waals surface area contributed by atoms with Crippen molar-refractivity contribution < 1.29 is 4.74 Å². The molecule has 1 rings (SSSR count). The molecule has 0 saturated carbocycles. The van der Waals surface area contributed by atoms with Gasteiger partial charge in [0.15, 0.2) is 0 Å². The minimum Gasteiger partial charge on any atom is -0.493 e. The van der Waals surface area contributed by atoms with Gasteiger partial charge in [0, 0.05) is 5.92 Å². The van der Waals surface area contributed by atoms with E-state index in [0.29, 0.717) is 17.8 Å². The van der Waals surface area contributed by atoms with E-state index in [1.54, 1.807) is 0 Å². The molecule has 0 aliphatic rings. The number of hydrogen-bond donors (Lipinski definition) is 0. The molecule has 1 heteroatoms. The molecule has 0 fully saturated rings. The van der Waals surface area contributed by atoms with E-state index in [0.717, 1.165) is 18.8 Å². The molecule has 110 valence electrons. The van der Waals surface area contributed by atoms with Crippen LogP contribution in [0.25, 0.3) is 0 Å². The summed E-state index contributed by atoms with van der Waals surface area (Å²) in [5.74, 6) is 8.68. The molecule has 0 aromatic heterocycles. The van der Waals surface area contributed by atoms with Gasteiger partial charge in [-0.2, -0.15) is 0 Å². The summed E-state index contributed by atoms with van der Waals surface area (Å²) < 4.78 is 5.94. The lowest BCUT2D eigenvalue weighted by Gasteiger charge is -2.17. The number of hydrogen-bond acceptors (Lipinski definition) is 1. The van der Waals surface area contributed by atoms with Gasteiger partial charge in [-0.15, -0.1) is 11.8 Å². The number of benzene rings is 1. The Hall–Kier alpha value is -1.42. The van der Waals surface area contributed by atoms with E-state index in [1.165, 1.54) is 11.1 Å². The zero-order valence-corrected chi connectivity index (χ0v) is 13.8. The Morgan fingerprint density at radius 1 is 1.10 bits per heavy atom. The highest BCUT2D eigenvalue weighted by atomic mass is 16.5. The van der Waals surface area contributed by atoms with Crippen molar-refractivity contribution in [1.29, 1.82) is 0 Å². The van der Waals surface area contributed by atoms with Crippen LogP contribution in [-0.4, -0.2) is 6.61 Å². The molecule has 0 spiro atoms. The molecule has 0 aliphatic heterocycles. The Bertz CT molecular complexity index is 474. The van der Waals surface area contributed by atoms with Crippen molar-refractivity contribution in [3.63, 3.8) is 0 Å². The molecule has 0 heterocycles. The van der Waals surface area contributed by atoms with Crippen LogP contribution >= 0.6 is 0 Å². The average Bonchev–Trinajstić information content (AvgIpc) is 2.37. The van der Waals surface area contributed by atoms with E-state index < -0.39 is 0 Å². The Morgan fingerprint density at radius 3 is 2.35 bits per heavy atom. The maximum absolute atomic E-state index is 5.94. The van der Waals surface area contributed by atoms with E-state index in [9.17, 15) is 0 Å². The molecule has 0 bridgehead atoms. The lowest BCUT2D eigenvalue weighted by Crippen LogP contribution is -2.07. The van der Waals surface area contributed by atoms with Crippen LogP contribution in [0.3, 0.4) is 0 Å². The van der Waals surface area contributed by atoms with E-state index >= 15 is 0 Å². The minimum absolute atomic E-state index is 0.405. The fourth-order valence-electron chi connectivity index (χ4n) is 2.21. The summed E-state index contributed by atoms with van der Waals surface area (Å²) in [6.45, 7) is 13.6. The molecular weight excluding hydrogens is 244 g/mol. The SMILES string of the molecule is CC#CC(C)Cc1ccc(OCC(C)C)c(C(C)C)c1. The second-order valence-corrected chi connectivity index (χ2v) is 6.23. The smallest absolute Gasteiger partial charge is 0.122 e. The normalized spacial score (nSPS) is 12.2. The molecule has 1 nitrogen and oxygen atoms in total. The van der Waals surface area contributed by atoms with Crippen LogP contribution in [-0.2, 0) is 6.42 Å². The highest BCUT2D eigenvalue weighted by Crippen LogP contribution is 2.28. The average molecular weight is 272 g/mol. The first-order chi connectivity index (χ1) is 9.43. The van der Waals surface area contributed by atoms with Gasteiger partial charge in [-0.3, -0.25) is 0 Å². The van der Waals surface area contributed by atoms with Crippen molar-refractivity contribution in [3.05, 3.63) is 29.3 Å². The summed E-state index contributed by atoms with van der Waals surface area (Å²) in [4.78, 5) is 0. The lowest BCUT2D eigenvalue weighted by molar-refractivity contribution is 0.267. The summed E-state index contributed by atoms with van der Waals surface area (Å²) in [6, 6.07) is 6.59. The molecule has 0 radical (unpaired) electrons. The molecule has 0 amide bonds. The van der Waals surface area contributed by atoms with E-state index in [4.69, 9.17) is 4.74 Å². The standard InChI is InChI=1S/C19H28O/c1-7-8-16(6)11-17-9-10-19(20-13-14(2)3)18(12-17)15(4)5/h9-10,12,14-16H,11,13H2,1-6H3. The van der Waals surface area contributed by atoms with Gasteiger partial charge in [-0.1, -0.05) is 46.8 Å². The Kier molecular flexibility index (Phi) is 6.65. The van der Waals surface area contributed by atoms with Crippen molar-refractivity contribution in [3.8, 4) is 17.6 Å². The maximum atomic E-state index is 5.94. The van der Waals surface area contributed by atoms with Crippen molar-refractivity contribution in [2.24, 2.45) is 11.8 Å². The van der Waals surface area contributed by atoms with E-state index in [2.05, 4.69) is 64.7 Å². The Labute approximate surface area is 124 Å². The van der Waals surface area contributed by atoms with E-state index in [-0.39, 0.29) is 0 Å². The van der Waals surface area contributed by atoms with Crippen molar-refractivity contribution >= 4 is 0 Å². The monoisotopic (exact) mass is 272 g/mol. The third-order valence-corrected chi connectivity index (χ3v) is 3.20. The molecule has 0 N–H and O–H groups in total. The van der Waals surface area contributed by atoms with Crippen molar-refractivity contribution in [1.82, 2.24) is 0 Å².